The van der Waals surface area contributed by atoms with Crippen LogP contribution in [0.3, 0.4) is 0 Å². The lowest BCUT2D eigenvalue weighted by atomic mass is 10.1. The van der Waals surface area contributed by atoms with E-state index in [9.17, 15) is 4.79 Å². The van der Waals surface area contributed by atoms with Gasteiger partial charge in [0.25, 0.3) is 0 Å². The molecular formula is C10H15N3O2. The van der Waals surface area contributed by atoms with Crippen molar-refractivity contribution in [1.29, 1.82) is 0 Å². The van der Waals surface area contributed by atoms with Crippen molar-refractivity contribution in [2.45, 2.75) is 32.6 Å². The minimum atomic E-state index is -0.262. The Kier molecular flexibility index (Phi) is 2.99. The van der Waals surface area contributed by atoms with Crippen LogP contribution in [0.2, 0.25) is 0 Å². The van der Waals surface area contributed by atoms with Crippen LogP contribution in [0.15, 0.2) is 4.42 Å². The van der Waals surface area contributed by atoms with Gasteiger partial charge in [0, 0.05) is 13.5 Å². The predicted octanol–water partition coefficient (Wildman–Crippen LogP) is 1.30. The van der Waals surface area contributed by atoms with E-state index in [0.717, 1.165) is 6.54 Å². The summed E-state index contributed by atoms with van der Waals surface area (Å²) < 4.78 is 5.03. The molecule has 1 aliphatic carbocycles. The molecular weight excluding hydrogens is 194 g/mol. The molecule has 2 rings (SSSR count). The number of amides is 1. The maximum Gasteiger partial charge on any atom is 0.308 e. The van der Waals surface area contributed by atoms with E-state index in [0.29, 0.717) is 11.8 Å². The van der Waals surface area contributed by atoms with Crippen LogP contribution < -0.4 is 5.32 Å². The van der Waals surface area contributed by atoms with Gasteiger partial charge < -0.3 is 9.73 Å². The molecule has 1 aliphatic rings. The molecule has 15 heavy (non-hydrogen) atoms. The van der Waals surface area contributed by atoms with Gasteiger partial charge in [-0.2, -0.15) is 0 Å². The minimum Gasteiger partial charge on any atom is -0.417 e. The Morgan fingerprint density at radius 1 is 1.47 bits per heavy atom. The highest BCUT2D eigenvalue weighted by molar-refractivity contribution is 5.89. The lowest BCUT2D eigenvalue weighted by molar-refractivity contribution is 0.0911. The first-order chi connectivity index (χ1) is 7.25. The van der Waals surface area contributed by atoms with E-state index in [1.165, 1.54) is 25.7 Å². The van der Waals surface area contributed by atoms with Gasteiger partial charge in [-0.3, -0.25) is 4.79 Å². The van der Waals surface area contributed by atoms with Crippen LogP contribution in [0.1, 0.15) is 42.3 Å². The van der Waals surface area contributed by atoms with E-state index in [4.69, 9.17) is 4.42 Å². The van der Waals surface area contributed by atoms with Gasteiger partial charge in [-0.25, -0.2) is 0 Å². The van der Waals surface area contributed by atoms with Crippen molar-refractivity contribution in [2.75, 3.05) is 6.54 Å². The molecule has 0 saturated heterocycles. The van der Waals surface area contributed by atoms with Gasteiger partial charge in [-0.15, -0.1) is 10.2 Å². The summed E-state index contributed by atoms with van der Waals surface area (Å²) in [5.41, 5.74) is 0. The van der Waals surface area contributed by atoms with Crippen molar-refractivity contribution in [1.82, 2.24) is 15.5 Å². The van der Waals surface area contributed by atoms with Gasteiger partial charge in [0.05, 0.1) is 0 Å². The second kappa shape index (κ2) is 4.42. The number of aryl methyl sites for hydroxylation is 1. The number of hydrogen-bond donors (Lipinski definition) is 1. The zero-order valence-electron chi connectivity index (χ0n) is 8.82. The standard InChI is InChI=1S/C10H15N3O2/c1-7-12-13-10(15-7)9(14)11-6-8-4-2-3-5-8/h8H,2-6H2,1H3,(H,11,14). The summed E-state index contributed by atoms with van der Waals surface area (Å²) in [5.74, 6) is 0.840. The van der Waals surface area contributed by atoms with Crippen molar-refractivity contribution in [3.8, 4) is 0 Å². The van der Waals surface area contributed by atoms with Gasteiger partial charge in [0.1, 0.15) is 0 Å². The summed E-state index contributed by atoms with van der Waals surface area (Å²) >= 11 is 0. The first kappa shape index (κ1) is 10.1. The Labute approximate surface area is 88.3 Å². The number of aromatic nitrogens is 2. The average molecular weight is 209 g/mol. The van der Waals surface area contributed by atoms with Crippen LogP contribution in [0, 0.1) is 12.8 Å². The zero-order valence-corrected chi connectivity index (χ0v) is 8.82. The molecule has 1 N–H and O–H groups in total. The normalized spacial score (nSPS) is 16.9. The summed E-state index contributed by atoms with van der Waals surface area (Å²) in [6.45, 7) is 2.39. The van der Waals surface area contributed by atoms with Crippen LogP contribution in [0.5, 0.6) is 0 Å². The van der Waals surface area contributed by atoms with Gasteiger partial charge >= 0.3 is 11.8 Å². The minimum absolute atomic E-state index is 0.0606. The molecule has 0 atom stereocenters. The molecule has 0 aromatic carbocycles. The Balaban J connectivity index is 1.81. The first-order valence-electron chi connectivity index (χ1n) is 5.34. The number of carbonyl (C=O) groups excluding carboxylic acids is 1. The third kappa shape index (κ3) is 2.55. The first-order valence-corrected chi connectivity index (χ1v) is 5.34. The van der Waals surface area contributed by atoms with Gasteiger partial charge in [0.15, 0.2) is 0 Å². The number of rotatable bonds is 3. The van der Waals surface area contributed by atoms with E-state index < -0.39 is 0 Å². The summed E-state index contributed by atoms with van der Waals surface area (Å²) in [5, 5.41) is 10.1. The molecule has 1 amide bonds. The maximum absolute atomic E-state index is 11.5. The van der Waals surface area contributed by atoms with Crippen molar-refractivity contribution in [3.63, 3.8) is 0 Å². The largest absolute Gasteiger partial charge is 0.417 e. The van der Waals surface area contributed by atoms with Crippen molar-refractivity contribution in [3.05, 3.63) is 11.8 Å². The van der Waals surface area contributed by atoms with Crippen LogP contribution >= 0.6 is 0 Å². The van der Waals surface area contributed by atoms with Crippen LogP contribution in [-0.2, 0) is 0 Å². The smallest absolute Gasteiger partial charge is 0.308 e. The highest BCUT2D eigenvalue weighted by Gasteiger charge is 2.18. The fraction of sp³-hybridized carbons (Fsp3) is 0.700. The molecule has 5 heteroatoms. The molecule has 5 nitrogen and oxygen atoms in total. The monoisotopic (exact) mass is 209 g/mol. The summed E-state index contributed by atoms with van der Waals surface area (Å²) in [6.07, 6.45) is 4.98. The predicted molar refractivity (Wildman–Crippen MR) is 53.3 cm³/mol. The van der Waals surface area contributed by atoms with Crippen molar-refractivity contribution < 1.29 is 9.21 Å². The molecule has 1 heterocycles. The lowest BCUT2D eigenvalue weighted by Gasteiger charge is -2.08. The Morgan fingerprint density at radius 2 is 2.20 bits per heavy atom. The highest BCUT2D eigenvalue weighted by Crippen LogP contribution is 2.23. The molecule has 0 radical (unpaired) electrons. The van der Waals surface area contributed by atoms with Crippen molar-refractivity contribution in [2.24, 2.45) is 5.92 Å². The molecule has 1 saturated carbocycles. The fourth-order valence-corrected chi connectivity index (χ4v) is 1.92. The van der Waals surface area contributed by atoms with Gasteiger partial charge in [-0.05, 0) is 18.8 Å². The van der Waals surface area contributed by atoms with E-state index in [1.807, 2.05) is 0 Å². The fourth-order valence-electron chi connectivity index (χ4n) is 1.92. The Morgan fingerprint density at radius 3 is 2.80 bits per heavy atom. The topological polar surface area (TPSA) is 68.0 Å². The third-order valence-electron chi connectivity index (χ3n) is 2.75. The number of carbonyl (C=O) groups is 1. The third-order valence-corrected chi connectivity index (χ3v) is 2.75. The van der Waals surface area contributed by atoms with Gasteiger partial charge in [0.2, 0.25) is 5.89 Å². The second-order valence-electron chi connectivity index (χ2n) is 3.99. The molecule has 0 bridgehead atoms. The Hall–Kier alpha value is -1.39. The molecule has 0 aliphatic heterocycles. The number of nitrogens with one attached hydrogen (secondary N) is 1. The SMILES string of the molecule is Cc1nnc(C(=O)NCC2CCCC2)o1. The molecule has 1 aromatic rings. The number of nitrogens with zero attached hydrogens (tertiary/aromatic N) is 2. The summed E-state index contributed by atoms with van der Waals surface area (Å²) in [4.78, 5) is 11.5. The highest BCUT2D eigenvalue weighted by atomic mass is 16.4. The molecule has 0 unspecified atom stereocenters. The van der Waals surface area contributed by atoms with E-state index >= 15 is 0 Å². The maximum atomic E-state index is 11.5. The second-order valence-corrected chi connectivity index (χ2v) is 3.99. The Bertz CT molecular complexity index is 342. The molecule has 82 valence electrons. The average Bonchev–Trinajstić information content (AvgIpc) is 2.84. The van der Waals surface area contributed by atoms with E-state index in [1.54, 1.807) is 6.92 Å². The van der Waals surface area contributed by atoms with Crippen molar-refractivity contribution >= 4 is 5.91 Å². The van der Waals surface area contributed by atoms with E-state index in [2.05, 4.69) is 15.5 Å². The summed E-state index contributed by atoms with van der Waals surface area (Å²) in [7, 11) is 0. The van der Waals surface area contributed by atoms with Gasteiger partial charge in [-0.1, -0.05) is 12.8 Å². The summed E-state index contributed by atoms with van der Waals surface area (Å²) in [6, 6.07) is 0. The van der Waals surface area contributed by atoms with Crippen LogP contribution in [0.4, 0.5) is 0 Å². The zero-order chi connectivity index (χ0) is 10.7. The molecule has 1 fully saturated rings. The quantitative estimate of drug-likeness (QED) is 0.814. The lowest BCUT2D eigenvalue weighted by Crippen LogP contribution is -2.28. The van der Waals surface area contributed by atoms with Crippen LogP contribution in [-0.4, -0.2) is 22.6 Å². The van der Waals surface area contributed by atoms with Crippen LogP contribution in [0.25, 0.3) is 0 Å². The number of hydrogen-bond acceptors (Lipinski definition) is 4. The molecule has 1 aromatic heterocycles. The molecule has 0 spiro atoms. The van der Waals surface area contributed by atoms with E-state index in [-0.39, 0.29) is 11.8 Å².